The minimum atomic E-state index is 0.598. The number of thioether (sulfide) groups is 1. The Labute approximate surface area is 117 Å². The van der Waals surface area contributed by atoms with Gasteiger partial charge in [0.2, 0.25) is 0 Å². The maximum atomic E-state index is 4.12. The van der Waals surface area contributed by atoms with Crippen LogP contribution in [0.15, 0.2) is 30.6 Å². The van der Waals surface area contributed by atoms with Crippen molar-refractivity contribution < 1.29 is 0 Å². The van der Waals surface area contributed by atoms with Crippen molar-refractivity contribution in [3.05, 3.63) is 30.6 Å². The van der Waals surface area contributed by atoms with Gasteiger partial charge in [-0.2, -0.15) is 11.8 Å². The third-order valence-electron chi connectivity index (χ3n) is 3.42. The average molecular weight is 274 g/mol. The molecule has 1 fully saturated rings. The van der Waals surface area contributed by atoms with Gasteiger partial charge in [0, 0.05) is 35.3 Å². The van der Waals surface area contributed by atoms with Gasteiger partial charge in [-0.3, -0.25) is 0 Å². The summed E-state index contributed by atoms with van der Waals surface area (Å²) in [4.78, 5) is 0. The van der Waals surface area contributed by atoms with E-state index in [-0.39, 0.29) is 0 Å². The molecule has 0 saturated carbocycles. The maximum Gasteiger partial charge on any atom is 0.163 e. The Hall–Kier alpha value is -1.49. The van der Waals surface area contributed by atoms with Crippen molar-refractivity contribution in [3.8, 4) is 11.4 Å². The SMILES string of the molecule is CC1CC(Nc2ccc(-c3nncn3C)cc2)CS1. The smallest absolute Gasteiger partial charge is 0.163 e. The van der Waals surface area contributed by atoms with Crippen LogP contribution >= 0.6 is 11.8 Å². The van der Waals surface area contributed by atoms with E-state index < -0.39 is 0 Å². The van der Waals surface area contributed by atoms with Crippen LogP contribution in [0.2, 0.25) is 0 Å². The minimum Gasteiger partial charge on any atom is -0.381 e. The van der Waals surface area contributed by atoms with Gasteiger partial charge in [-0.1, -0.05) is 6.92 Å². The van der Waals surface area contributed by atoms with Crippen molar-refractivity contribution in [2.24, 2.45) is 7.05 Å². The molecule has 19 heavy (non-hydrogen) atoms. The molecule has 1 N–H and O–H groups in total. The van der Waals surface area contributed by atoms with E-state index in [0.29, 0.717) is 6.04 Å². The van der Waals surface area contributed by atoms with E-state index in [2.05, 4.69) is 46.7 Å². The summed E-state index contributed by atoms with van der Waals surface area (Å²) in [5.41, 5.74) is 2.28. The number of rotatable bonds is 3. The first-order valence-electron chi connectivity index (χ1n) is 6.55. The molecule has 1 saturated heterocycles. The van der Waals surface area contributed by atoms with Crippen LogP contribution in [0.4, 0.5) is 5.69 Å². The van der Waals surface area contributed by atoms with Gasteiger partial charge in [-0.05, 0) is 30.7 Å². The van der Waals surface area contributed by atoms with Crippen LogP contribution in [0.3, 0.4) is 0 Å². The van der Waals surface area contributed by atoms with Crippen molar-refractivity contribution >= 4 is 17.4 Å². The van der Waals surface area contributed by atoms with Crippen molar-refractivity contribution in [1.29, 1.82) is 0 Å². The summed E-state index contributed by atoms with van der Waals surface area (Å²) in [6.45, 7) is 2.30. The van der Waals surface area contributed by atoms with Gasteiger partial charge in [0.05, 0.1) is 0 Å². The molecular formula is C14H18N4S. The first-order valence-corrected chi connectivity index (χ1v) is 7.60. The Bertz CT molecular complexity index is 549. The number of aromatic nitrogens is 3. The molecule has 5 heteroatoms. The molecule has 3 rings (SSSR count). The molecule has 1 aromatic heterocycles. The lowest BCUT2D eigenvalue weighted by Gasteiger charge is -2.13. The second-order valence-electron chi connectivity index (χ2n) is 5.06. The zero-order chi connectivity index (χ0) is 13.2. The molecule has 0 radical (unpaired) electrons. The third-order valence-corrected chi connectivity index (χ3v) is 4.78. The quantitative estimate of drug-likeness (QED) is 0.934. The molecule has 0 aliphatic carbocycles. The average Bonchev–Trinajstić information content (AvgIpc) is 3.00. The van der Waals surface area contributed by atoms with E-state index >= 15 is 0 Å². The van der Waals surface area contributed by atoms with Crippen molar-refractivity contribution in [1.82, 2.24) is 14.8 Å². The van der Waals surface area contributed by atoms with Gasteiger partial charge in [0.15, 0.2) is 5.82 Å². The highest BCUT2D eigenvalue weighted by atomic mass is 32.2. The lowest BCUT2D eigenvalue weighted by Crippen LogP contribution is -2.18. The number of anilines is 1. The first kappa shape index (κ1) is 12.5. The number of aryl methyl sites for hydroxylation is 1. The van der Waals surface area contributed by atoms with Gasteiger partial charge < -0.3 is 9.88 Å². The van der Waals surface area contributed by atoms with E-state index in [1.165, 1.54) is 17.9 Å². The summed E-state index contributed by atoms with van der Waals surface area (Å²) in [5, 5.41) is 12.4. The molecule has 4 nitrogen and oxygen atoms in total. The first-order chi connectivity index (χ1) is 9.22. The van der Waals surface area contributed by atoms with Gasteiger partial charge in [-0.25, -0.2) is 0 Å². The predicted octanol–water partition coefficient (Wildman–Crippen LogP) is 2.79. The van der Waals surface area contributed by atoms with E-state index in [1.54, 1.807) is 6.33 Å². The second-order valence-corrected chi connectivity index (χ2v) is 6.54. The molecule has 2 heterocycles. The van der Waals surface area contributed by atoms with Crippen molar-refractivity contribution in [2.75, 3.05) is 11.1 Å². The van der Waals surface area contributed by atoms with Crippen LogP contribution in [0.25, 0.3) is 11.4 Å². The zero-order valence-corrected chi connectivity index (χ0v) is 12.0. The topological polar surface area (TPSA) is 42.7 Å². The molecule has 0 bridgehead atoms. The van der Waals surface area contributed by atoms with E-state index in [9.17, 15) is 0 Å². The fourth-order valence-corrected chi connectivity index (χ4v) is 3.56. The number of benzene rings is 1. The minimum absolute atomic E-state index is 0.598. The van der Waals surface area contributed by atoms with E-state index in [4.69, 9.17) is 0 Å². The molecule has 0 spiro atoms. The summed E-state index contributed by atoms with van der Waals surface area (Å²) in [6.07, 6.45) is 2.97. The van der Waals surface area contributed by atoms with Gasteiger partial charge in [0.1, 0.15) is 6.33 Å². The standard InChI is InChI=1S/C14H18N4S/c1-10-7-13(8-19-10)16-12-5-3-11(4-6-12)14-17-15-9-18(14)2/h3-6,9-10,13,16H,7-8H2,1-2H3. The number of hydrogen-bond acceptors (Lipinski definition) is 4. The fourth-order valence-electron chi connectivity index (χ4n) is 2.41. The van der Waals surface area contributed by atoms with Gasteiger partial charge in [-0.15, -0.1) is 10.2 Å². The summed E-state index contributed by atoms with van der Waals surface area (Å²) >= 11 is 2.04. The summed E-state index contributed by atoms with van der Waals surface area (Å²) < 4.78 is 1.93. The van der Waals surface area contributed by atoms with E-state index in [1.807, 2.05) is 23.4 Å². The maximum absolute atomic E-state index is 4.12. The predicted molar refractivity (Wildman–Crippen MR) is 80.4 cm³/mol. The number of nitrogens with one attached hydrogen (secondary N) is 1. The second kappa shape index (κ2) is 5.25. The Kier molecular flexibility index (Phi) is 3.46. The van der Waals surface area contributed by atoms with Crippen LogP contribution in [0, 0.1) is 0 Å². The van der Waals surface area contributed by atoms with Crippen LogP contribution in [0.1, 0.15) is 13.3 Å². The Morgan fingerprint density at radius 1 is 1.32 bits per heavy atom. The molecule has 1 aliphatic rings. The van der Waals surface area contributed by atoms with Crippen molar-refractivity contribution in [2.45, 2.75) is 24.6 Å². The lowest BCUT2D eigenvalue weighted by atomic mass is 10.1. The fraction of sp³-hybridized carbons (Fsp3) is 0.429. The highest BCUT2D eigenvalue weighted by molar-refractivity contribution is 8.00. The molecule has 1 aliphatic heterocycles. The third kappa shape index (κ3) is 2.76. The lowest BCUT2D eigenvalue weighted by molar-refractivity contribution is 0.747. The van der Waals surface area contributed by atoms with Crippen LogP contribution in [-0.2, 0) is 7.05 Å². The Morgan fingerprint density at radius 2 is 2.11 bits per heavy atom. The molecule has 1 aromatic carbocycles. The molecule has 0 amide bonds. The van der Waals surface area contributed by atoms with Gasteiger partial charge >= 0.3 is 0 Å². The molecule has 2 aromatic rings. The van der Waals surface area contributed by atoms with Crippen LogP contribution in [-0.4, -0.2) is 31.8 Å². The highest BCUT2D eigenvalue weighted by Gasteiger charge is 2.21. The Balaban J connectivity index is 1.71. The summed E-state index contributed by atoms with van der Waals surface area (Å²) in [5.74, 6) is 2.10. The van der Waals surface area contributed by atoms with E-state index in [0.717, 1.165) is 16.6 Å². The molecule has 100 valence electrons. The monoisotopic (exact) mass is 274 g/mol. The molecule has 2 unspecified atom stereocenters. The summed E-state index contributed by atoms with van der Waals surface area (Å²) in [7, 11) is 1.96. The summed E-state index contributed by atoms with van der Waals surface area (Å²) in [6, 6.07) is 9.03. The number of nitrogens with zero attached hydrogens (tertiary/aromatic N) is 3. The van der Waals surface area contributed by atoms with Gasteiger partial charge in [0.25, 0.3) is 0 Å². The Morgan fingerprint density at radius 3 is 2.68 bits per heavy atom. The zero-order valence-electron chi connectivity index (χ0n) is 11.2. The molecule has 2 atom stereocenters. The molecular weight excluding hydrogens is 256 g/mol. The normalized spacial score (nSPS) is 22.6. The largest absolute Gasteiger partial charge is 0.381 e. The highest BCUT2D eigenvalue weighted by Crippen LogP contribution is 2.28. The van der Waals surface area contributed by atoms with Crippen LogP contribution in [0.5, 0.6) is 0 Å². The van der Waals surface area contributed by atoms with Crippen LogP contribution < -0.4 is 5.32 Å². The number of hydrogen-bond donors (Lipinski definition) is 1. The van der Waals surface area contributed by atoms with Crippen molar-refractivity contribution in [3.63, 3.8) is 0 Å².